The number of imide groups is 1. The number of hydrogen-bond donors (Lipinski definition) is 1. The average molecular weight is 282 g/mol. The van der Waals surface area contributed by atoms with Gasteiger partial charge in [0.15, 0.2) is 0 Å². The van der Waals surface area contributed by atoms with Crippen LogP contribution in [-0.4, -0.2) is 18.4 Å². The predicted molar refractivity (Wildman–Crippen MR) is 79.6 cm³/mol. The van der Waals surface area contributed by atoms with Crippen LogP contribution in [0.5, 0.6) is 5.75 Å². The smallest absolute Gasteiger partial charge is 0.268 e. The Morgan fingerprint density at radius 2 is 1.86 bits per heavy atom. The molecular weight excluding hydrogens is 268 g/mol. The third-order valence-corrected chi connectivity index (χ3v) is 3.33. The molecular formula is C16H14N2O3. The van der Waals surface area contributed by atoms with Crippen molar-refractivity contribution in [1.29, 1.82) is 0 Å². The molecule has 0 saturated heterocycles. The van der Waals surface area contributed by atoms with Crippen LogP contribution < -0.4 is 15.4 Å². The highest BCUT2D eigenvalue weighted by molar-refractivity contribution is 6.35. The molecule has 5 nitrogen and oxygen atoms in total. The van der Waals surface area contributed by atoms with Crippen LogP contribution in [0.1, 0.15) is 27.6 Å². The summed E-state index contributed by atoms with van der Waals surface area (Å²) in [6.45, 7) is 2.38. The van der Waals surface area contributed by atoms with Gasteiger partial charge in [0, 0.05) is 11.8 Å². The van der Waals surface area contributed by atoms with E-state index in [9.17, 15) is 9.59 Å². The quantitative estimate of drug-likeness (QED) is 0.693. The fourth-order valence-electron chi connectivity index (χ4n) is 2.43. The summed E-state index contributed by atoms with van der Waals surface area (Å²) in [6.07, 6.45) is 0. The van der Waals surface area contributed by atoms with Crippen molar-refractivity contribution >= 4 is 23.2 Å². The summed E-state index contributed by atoms with van der Waals surface area (Å²) < 4.78 is 5.40. The Labute approximate surface area is 121 Å². The Morgan fingerprint density at radius 1 is 1.10 bits per heavy atom. The zero-order valence-electron chi connectivity index (χ0n) is 11.5. The minimum Gasteiger partial charge on any atom is -0.494 e. The number of carbonyl (C=O) groups excluding carboxylic acids is 2. The monoisotopic (exact) mass is 282 g/mol. The van der Waals surface area contributed by atoms with Crippen LogP contribution in [0.3, 0.4) is 0 Å². The molecule has 0 fully saturated rings. The normalized spacial score (nSPS) is 13.5. The van der Waals surface area contributed by atoms with E-state index in [1.165, 1.54) is 0 Å². The van der Waals surface area contributed by atoms with E-state index in [0.29, 0.717) is 29.3 Å². The van der Waals surface area contributed by atoms with Gasteiger partial charge < -0.3 is 10.5 Å². The predicted octanol–water partition coefficient (Wildman–Crippen LogP) is 2.47. The van der Waals surface area contributed by atoms with E-state index in [0.717, 1.165) is 4.90 Å². The van der Waals surface area contributed by atoms with E-state index in [2.05, 4.69) is 0 Å². The molecule has 1 aliphatic heterocycles. The van der Waals surface area contributed by atoms with Gasteiger partial charge in [-0.15, -0.1) is 0 Å². The number of amides is 2. The van der Waals surface area contributed by atoms with Crippen molar-refractivity contribution in [1.82, 2.24) is 0 Å². The lowest BCUT2D eigenvalue weighted by molar-refractivity contribution is 0.0926. The molecule has 0 atom stereocenters. The van der Waals surface area contributed by atoms with E-state index in [4.69, 9.17) is 10.5 Å². The molecule has 2 amide bonds. The summed E-state index contributed by atoms with van der Waals surface area (Å²) in [5, 5.41) is 0. The number of nitrogen functional groups attached to an aromatic ring is 1. The Morgan fingerprint density at radius 3 is 2.57 bits per heavy atom. The third-order valence-electron chi connectivity index (χ3n) is 3.33. The first-order valence-electron chi connectivity index (χ1n) is 6.63. The standard InChI is InChI=1S/C16H14N2O3/c1-2-21-11-6-3-5-10(9-11)18-15(19)12-7-4-8-13(17)14(12)16(18)20/h3-9H,2,17H2,1H3. The van der Waals surface area contributed by atoms with E-state index in [1.807, 2.05) is 6.92 Å². The second-order valence-electron chi connectivity index (χ2n) is 4.65. The van der Waals surface area contributed by atoms with E-state index < -0.39 is 5.91 Å². The number of rotatable bonds is 3. The van der Waals surface area contributed by atoms with Crippen LogP contribution in [0.4, 0.5) is 11.4 Å². The zero-order chi connectivity index (χ0) is 15.0. The summed E-state index contributed by atoms with van der Waals surface area (Å²) in [5.41, 5.74) is 7.21. The van der Waals surface area contributed by atoms with Gasteiger partial charge in [0.2, 0.25) is 0 Å². The van der Waals surface area contributed by atoms with E-state index >= 15 is 0 Å². The third kappa shape index (κ3) is 2.03. The number of nitrogens with two attached hydrogens (primary N) is 1. The highest BCUT2D eigenvalue weighted by atomic mass is 16.5. The molecule has 21 heavy (non-hydrogen) atoms. The van der Waals surface area contributed by atoms with Gasteiger partial charge >= 0.3 is 0 Å². The van der Waals surface area contributed by atoms with E-state index in [-0.39, 0.29) is 11.5 Å². The molecule has 0 aliphatic carbocycles. The number of carbonyl (C=O) groups is 2. The molecule has 0 saturated carbocycles. The van der Waals surface area contributed by atoms with Gasteiger partial charge in [-0.2, -0.15) is 0 Å². The summed E-state index contributed by atoms with van der Waals surface area (Å²) in [7, 11) is 0. The molecule has 1 heterocycles. The number of anilines is 2. The second kappa shape index (κ2) is 4.94. The van der Waals surface area contributed by atoms with Gasteiger partial charge in [-0.25, -0.2) is 4.90 Å². The Kier molecular flexibility index (Phi) is 3.10. The van der Waals surface area contributed by atoms with Gasteiger partial charge in [0.05, 0.1) is 23.4 Å². The van der Waals surface area contributed by atoms with Crippen molar-refractivity contribution in [2.75, 3.05) is 17.2 Å². The lowest BCUT2D eigenvalue weighted by Gasteiger charge is -2.15. The molecule has 0 bridgehead atoms. The van der Waals surface area contributed by atoms with Crippen molar-refractivity contribution in [3.05, 3.63) is 53.6 Å². The maximum atomic E-state index is 12.5. The van der Waals surface area contributed by atoms with Crippen LogP contribution in [0.15, 0.2) is 42.5 Å². The lowest BCUT2D eigenvalue weighted by atomic mass is 10.1. The van der Waals surface area contributed by atoms with E-state index in [1.54, 1.807) is 42.5 Å². The second-order valence-corrected chi connectivity index (χ2v) is 4.65. The number of benzene rings is 2. The molecule has 0 radical (unpaired) electrons. The van der Waals surface area contributed by atoms with Crippen molar-refractivity contribution in [2.24, 2.45) is 0 Å². The summed E-state index contributed by atoms with van der Waals surface area (Å²) in [5.74, 6) is -0.155. The molecule has 2 N–H and O–H groups in total. The fourth-order valence-corrected chi connectivity index (χ4v) is 2.43. The highest BCUT2D eigenvalue weighted by Crippen LogP contribution is 2.32. The van der Waals surface area contributed by atoms with Gasteiger partial charge in [-0.05, 0) is 31.2 Å². The minimum absolute atomic E-state index is 0.268. The minimum atomic E-state index is -0.401. The lowest BCUT2D eigenvalue weighted by Crippen LogP contribution is -2.29. The summed E-state index contributed by atoms with van der Waals surface area (Å²) in [6, 6.07) is 11.8. The van der Waals surface area contributed by atoms with Crippen LogP contribution in [0.25, 0.3) is 0 Å². The maximum Gasteiger partial charge on any atom is 0.268 e. The molecule has 3 rings (SSSR count). The Balaban J connectivity index is 2.06. The average Bonchev–Trinajstić information content (AvgIpc) is 2.73. The molecule has 5 heteroatoms. The molecule has 2 aromatic carbocycles. The first-order valence-corrected chi connectivity index (χ1v) is 6.63. The van der Waals surface area contributed by atoms with Crippen LogP contribution in [0.2, 0.25) is 0 Å². The Bertz CT molecular complexity index is 740. The summed E-state index contributed by atoms with van der Waals surface area (Å²) in [4.78, 5) is 26.0. The molecule has 1 aliphatic rings. The SMILES string of the molecule is CCOc1cccc(N2C(=O)c3cccc(N)c3C2=O)c1. The fraction of sp³-hybridized carbons (Fsp3) is 0.125. The molecule has 0 aromatic heterocycles. The topological polar surface area (TPSA) is 72.6 Å². The highest BCUT2D eigenvalue weighted by Gasteiger charge is 2.38. The first-order chi connectivity index (χ1) is 10.1. The number of hydrogen-bond acceptors (Lipinski definition) is 4. The van der Waals surface area contributed by atoms with Gasteiger partial charge in [0.25, 0.3) is 11.8 Å². The van der Waals surface area contributed by atoms with Gasteiger partial charge in [-0.3, -0.25) is 9.59 Å². The number of nitrogens with zero attached hydrogens (tertiary/aromatic N) is 1. The number of fused-ring (bicyclic) bond motifs is 1. The summed E-state index contributed by atoms with van der Waals surface area (Å²) >= 11 is 0. The van der Waals surface area contributed by atoms with Crippen molar-refractivity contribution in [3.8, 4) is 5.75 Å². The van der Waals surface area contributed by atoms with Crippen LogP contribution in [0, 0.1) is 0 Å². The molecule has 106 valence electrons. The first kappa shape index (κ1) is 13.2. The van der Waals surface area contributed by atoms with Crippen molar-refractivity contribution < 1.29 is 14.3 Å². The van der Waals surface area contributed by atoms with Gasteiger partial charge in [0.1, 0.15) is 5.75 Å². The zero-order valence-corrected chi connectivity index (χ0v) is 11.5. The van der Waals surface area contributed by atoms with Crippen LogP contribution >= 0.6 is 0 Å². The molecule has 2 aromatic rings. The molecule has 0 unspecified atom stereocenters. The van der Waals surface area contributed by atoms with Crippen LogP contribution in [-0.2, 0) is 0 Å². The van der Waals surface area contributed by atoms with Gasteiger partial charge in [-0.1, -0.05) is 12.1 Å². The van der Waals surface area contributed by atoms with Crippen molar-refractivity contribution in [3.63, 3.8) is 0 Å². The largest absolute Gasteiger partial charge is 0.494 e. The Hall–Kier alpha value is -2.82. The maximum absolute atomic E-state index is 12.5. The van der Waals surface area contributed by atoms with Crippen molar-refractivity contribution in [2.45, 2.75) is 6.92 Å². The number of ether oxygens (including phenoxy) is 1. The molecule has 0 spiro atoms.